The molecule has 3 rings (SSSR count). The SMILES string of the molecule is COc1ccc(CCN=C2CC(=O)C[C@H](c3ccc(N(C)C)cc3)C2)cc1. The Bertz CT molecular complexity index is 792. The van der Waals surface area contributed by atoms with Crippen molar-refractivity contribution in [2.75, 3.05) is 32.6 Å². The second-order valence-corrected chi connectivity index (χ2v) is 7.35. The zero-order valence-corrected chi connectivity index (χ0v) is 16.4. The summed E-state index contributed by atoms with van der Waals surface area (Å²) in [4.78, 5) is 19.1. The van der Waals surface area contributed by atoms with Gasteiger partial charge in [-0.1, -0.05) is 24.3 Å². The van der Waals surface area contributed by atoms with Gasteiger partial charge in [-0.05, 0) is 54.2 Å². The highest BCUT2D eigenvalue weighted by Crippen LogP contribution is 2.31. The number of ether oxygens (including phenoxy) is 1. The van der Waals surface area contributed by atoms with Gasteiger partial charge in [0.1, 0.15) is 11.5 Å². The Balaban J connectivity index is 1.61. The molecule has 4 heteroatoms. The molecule has 2 aromatic rings. The van der Waals surface area contributed by atoms with Crippen LogP contribution in [-0.2, 0) is 11.2 Å². The van der Waals surface area contributed by atoms with Gasteiger partial charge < -0.3 is 9.64 Å². The van der Waals surface area contributed by atoms with Gasteiger partial charge in [0.25, 0.3) is 0 Å². The molecule has 0 spiro atoms. The largest absolute Gasteiger partial charge is 0.497 e. The predicted molar refractivity (Wildman–Crippen MR) is 111 cm³/mol. The Morgan fingerprint density at radius 1 is 1.04 bits per heavy atom. The Morgan fingerprint density at radius 3 is 2.37 bits per heavy atom. The molecule has 1 fully saturated rings. The van der Waals surface area contributed by atoms with Crippen LogP contribution in [0.1, 0.15) is 36.3 Å². The maximum absolute atomic E-state index is 12.2. The normalized spacial score (nSPS) is 18.6. The van der Waals surface area contributed by atoms with E-state index in [-0.39, 0.29) is 5.92 Å². The van der Waals surface area contributed by atoms with E-state index in [4.69, 9.17) is 9.73 Å². The molecular formula is C23H28N2O2. The molecule has 0 radical (unpaired) electrons. The van der Waals surface area contributed by atoms with Crippen LogP contribution in [0.4, 0.5) is 5.69 Å². The minimum atomic E-state index is 0.252. The number of carbonyl (C=O) groups is 1. The van der Waals surface area contributed by atoms with Crippen LogP contribution < -0.4 is 9.64 Å². The predicted octanol–water partition coefficient (Wildman–Crippen LogP) is 4.28. The summed E-state index contributed by atoms with van der Waals surface area (Å²) in [6.07, 6.45) is 2.90. The lowest BCUT2D eigenvalue weighted by Gasteiger charge is -2.24. The van der Waals surface area contributed by atoms with Crippen LogP contribution in [0.2, 0.25) is 0 Å². The van der Waals surface area contributed by atoms with Crippen molar-refractivity contribution in [1.82, 2.24) is 0 Å². The highest BCUT2D eigenvalue weighted by molar-refractivity contribution is 6.05. The van der Waals surface area contributed by atoms with E-state index >= 15 is 0 Å². The van der Waals surface area contributed by atoms with Gasteiger partial charge in [0.05, 0.1) is 7.11 Å². The molecule has 0 bridgehead atoms. The minimum absolute atomic E-state index is 0.252. The topological polar surface area (TPSA) is 41.9 Å². The van der Waals surface area contributed by atoms with E-state index < -0.39 is 0 Å². The Labute approximate surface area is 161 Å². The lowest BCUT2D eigenvalue weighted by atomic mass is 9.82. The number of carbonyl (C=O) groups excluding carboxylic acids is 1. The van der Waals surface area contributed by atoms with Gasteiger partial charge >= 0.3 is 0 Å². The van der Waals surface area contributed by atoms with E-state index in [0.717, 1.165) is 30.8 Å². The standard InChI is InChI=1S/C23H28N2O2/c1-25(2)21-8-6-18(7-9-21)19-14-20(16-22(26)15-19)24-13-12-17-4-10-23(27-3)11-5-17/h4-11,19H,12-16H2,1-3H3/t19-/m1/s1. The molecule has 0 N–H and O–H groups in total. The quantitative estimate of drug-likeness (QED) is 0.768. The molecule has 0 saturated heterocycles. The molecule has 4 nitrogen and oxygen atoms in total. The number of benzene rings is 2. The van der Waals surface area contributed by atoms with Gasteiger partial charge in [0.15, 0.2) is 0 Å². The molecule has 0 amide bonds. The van der Waals surface area contributed by atoms with E-state index in [2.05, 4.69) is 41.3 Å². The molecule has 1 saturated carbocycles. The van der Waals surface area contributed by atoms with Crippen LogP contribution in [0.5, 0.6) is 5.75 Å². The number of aliphatic imine (C=N–C) groups is 1. The van der Waals surface area contributed by atoms with Crippen LogP contribution in [-0.4, -0.2) is 39.2 Å². The lowest BCUT2D eigenvalue weighted by Crippen LogP contribution is -2.22. The van der Waals surface area contributed by atoms with Crippen LogP contribution >= 0.6 is 0 Å². The summed E-state index contributed by atoms with van der Waals surface area (Å²) in [7, 11) is 5.74. The number of anilines is 1. The van der Waals surface area contributed by atoms with Crippen LogP contribution in [0.25, 0.3) is 0 Å². The summed E-state index contributed by atoms with van der Waals surface area (Å²) in [6, 6.07) is 16.6. The van der Waals surface area contributed by atoms with Crippen molar-refractivity contribution in [2.24, 2.45) is 4.99 Å². The van der Waals surface area contributed by atoms with Crippen molar-refractivity contribution in [2.45, 2.75) is 31.6 Å². The van der Waals surface area contributed by atoms with Gasteiger partial charge in [0, 0.05) is 44.9 Å². The third-order valence-electron chi connectivity index (χ3n) is 5.13. The van der Waals surface area contributed by atoms with E-state index in [1.165, 1.54) is 16.8 Å². The molecule has 27 heavy (non-hydrogen) atoms. The van der Waals surface area contributed by atoms with Crippen LogP contribution in [0.15, 0.2) is 53.5 Å². The number of hydrogen-bond donors (Lipinski definition) is 0. The number of methoxy groups -OCH3 is 1. The van der Waals surface area contributed by atoms with Gasteiger partial charge in [-0.25, -0.2) is 0 Å². The van der Waals surface area contributed by atoms with Crippen molar-refractivity contribution in [3.63, 3.8) is 0 Å². The van der Waals surface area contributed by atoms with E-state index in [0.29, 0.717) is 18.6 Å². The average Bonchev–Trinajstić information content (AvgIpc) is 2.68. The Morgan fingerprint density at radius 2 is 1.74 bits per heavy atom. The third kappa shape index (κ3) is 5.19. The van der Waals surface area contributed by atoms with Gasteiger partial charge in [-0.2, -0.15) is 0 Å². The lowest BCUT2D eigenvalue weighted by molar-refractivity contribution is -0.118. The minimum Gasteiger partial charge on any atom is -0.497 e. The van der Waals surface area contributed by atoms with Gasteiger partial charge in [-0.3, -0.25) is 9.79 Å². The highest BCUT2D eigenvalue weighted by atomic mass is 16.5. The first kappa shape index (κ1) is 19.2. The number of rotatable bonds is 6. The summed E-state index contributed by atoms with van der Waals surface area (Å²) in [5, 5.41) is 0. The third-order valence-corrected chi connectivity index (χ3v) is 5.13. The maximum atomic E-state index is 12.2. The van der Waals surface area contributed by atoms with Gasteiger partial charge in [0.2, 0.25) is 0 Å². The molecule has 2 aromatic carbocycles. The molecule has 1 aliphatic rings. The van der Waals surface area contributed by atoms with E-state index in [1.807, 2.05) is 26.2 Å². The van der Waals surface area contributed by atoms with Crippen LogP contribution in [0.3, 0.4) is 0 Å². The molecule has 0 aliphatic heterocycles. The number of Topliss-reactive ketones (excluding diaryl/α,β-unsaturated/α-hetero) is 1. The van der Waals surface area contributed by atoms with E-state index in [1.54, 1.807) is 7.11 Å². The summed E-state index contributed by atoms with van der Waals surface area (Å²) >= 11 is 0. The van der Waals surface area contributed by atoms with E-state index in [9.17, 15) is 4.79 Å². The fourth-order valence-electron chi connectivity index (χ4n) is 3.54. The first-order valence-electron chi connectivity index (χ1n) is 9.49. The van der Waals surface area contributed by atoms with Crippen LogP contribution in [0, 0.1) is 0 Å². The fourth-order valence-corrected chi connectivity index (χ4v) is 3.54. The molecule has 142 valence electrons. The first-order chi connectivity index (χ1) is 13.0. The number of hydrogen-bond acceptors (Lipinski definition) is 4. The Kier molecular flexibility index (Phi) is 6.28. The zero-order chi connectivity index (χ0) is 19.2. The monoisotopic (exact) mass is 364 g/mol. The maximum Gasteiger partial charge on any atom is 0.139 e. The van der Waals surface area contributed by atoms with Crippen molar-refractivity contribution >= 4 is 17.2 Å². The summed E-state index contributed by atoms with van der Waals surface area (Å²) in [5.74, 6) is 1.42. The first-order valence-corrected chi connectivity index (χ1v) is 9.49. The molecule has 0 unspecified atom stereocenters. The highest BCUT2D eigenvalue weighted by Gasteiger charge is 2.25. The summed E-state index contributed by atoms with van der Waals surface area (Å²) in [5.41, 5.74) is 4.69. The van der Waals surface area contributed by atoms with Gasteiger partial charge in [-0.15, -0.1) is 0 Å². The summed E-state index contributed by atoms with van der Waals surface area (Å²) in [6.45, 7) is 0.723. The smallest absolute Gasteiger partial charge is 0.139 e. The van der Waals surface area contributed by atoms with Crippen molar-refractivity contribution in [3.05, 3.63) is 59.7 Å². The second kappa shape index (κ2) is 8.85. The van der Waals surface area contributed by atoms with Crippen molar-refractivity contribution < 1.29 is 9.53 Å². The average molecular weight is 364 g/mol. The molecule has 0 aromatic heterocycles. The van der Waals surface area contributed by atoms with Crippen molar-refractivity contribution in [1.29, 1.82) is 0 Å². The van der Waals surface area contributed by atoms with Crippen molar-refractivity contribution in [3.8, 4) is 5.75 Å². The molecule has 1 aliphatic carbocycles. The molecule has 0 heterocycles. The summed E-state index contributed by atoms with van der Waals surface area (Å²) < 4.78 is 5.19. The molecular weight excluding hydrogens is 336 g/mol. The second-order valence-electron chi connectivity index (χ2n) is 7.35. The number of nitrogens with zero attached hydrogens (tertiary/aromatic N) is 2. The number of ketones is 1. The Hall–Kier alpha value is -2.62. The zero-order valence-electron chi connectivity index (χ0n) is 16.4. The fraction of sp³-hybridized carbons (Fsp3) is 0.391. The molecule has 1 atom stereocenters.